The van der Waals surface area contributed by atoms with Gasteiger partial charge in [0, 0.05) is 5.75 Å². The van der Waals surface area contributed by atoms with Crippen molar-refractivity contribution in [2.24, 2.45) is 5.92 Å². The van der Waals surface area contributed by atoms with E-state index >= 15 is 0 Å². The Morgan fingerprint density at radius 1 is 1.28 bits per heavy atom. The van der Waals surface area contributed by atoms with Gasteiger partial charge in [-0.05, 0) is 18.4 Å². The van der Waals surface area contributed by atoms with Gasteiger partial charge >= 0.3 is 5.97 Å². The molecule has 0 spiro atoms. The van der Waals surface area contributed by atoms with E-state index in [0.717, 1.165) is 5.56 Å². The van der Waals surface area contributed by atoms with Gasteiger partial charge in [0.2, 0.25) is 0 Å². The summed E-state index contributed by atoms with van der Waals surface area (Å²) in [5.74, 6) is -1.59. The molecule has 100 valence electrons. The molecule has 5 heteroatoms. The molecule has 0 aromatic heterocycles. The van der Waals surface area contributed by atoms with Crippen molar-refractivity contribution < 1.29 is 18.3 Å². The van der Waals surface area contributed by atoms with Gasteiger partial charge in [-0.3, -0.25) is 4.79 Å². The third kappa shape index (κ3) is 4.87. The quantitative estimate of drug-likeness (QED) is 0.819. The van der Waals surface area contributed by atoms with Gasteiger partial charge in [0.05, 0.1) is 11.7 Å². The summed E-state index contributed by atoms with van der Waals surface area (Å²) in [7, 11) is -3.10. The molecule has 0 radical (unpaired) electrons. The van der Waals surface area contributed by atoms with Crippen LogP contribution in [0.25, 0.3) is 0 Å². The van der Waals surface area contributed by atoms with Crippen LogP contribution in [-0.2, 0) is 21.1 Å². The van der Waals surface area contributed by atoms with Crippen molar-refractivity contribution in [1.29, 1.82) is 0 Å². The van der Waals surface area contributed by atoms with E-state index in [1.54, 1.807) is 6.92 Å². The topological polar surface area (TPSA) is 71.4 Å². The number of sulfone groups is 1. The van der Waals surface area contributed by atoms with Crippen molar-refractivity contribution in [3.8, 4) is 0 Å². The Bertz CT molecular complexity index is 479. The number of rotatable bonds is 7. The third-order valence-electron chi connectivity index (χ3n) is 2.89. The summed E-state index contributed by atoms with van der Waals surface area (Å²) in [5.41, 5.74) is 0.916. The highest BCUT2D eigenvalue weighted by atomic mass is 32.2. The number of benzene rings is 1. The first-order chi connectivity index (χ1) is 8.44. The number of carboxylic acid groups (broad SMARTS) is 1. The van der Waals surface area contributed by atoms with Crippen molar-refractivity contribution in [2.45, 2.75) is 19.8 Å². The molecule has 1 N–H and O–H groups in total. The van der Waals surface area contributed by atoms with Crippen molar-refractivity contribution in [2.75, 3.05) is 11.5 Å². The lowest BCUT2D eigenvalue weighted by Gasteiger charge is -2.12. The Morgan fingerprint density at radius 2 is 1.89 bits per heavy atom. The average Bonchev–Trinajstić information content (AvgIpc) is 2.35. The molecule has 1 unspecified atom stereocenters. The van der Waals surface area contributed by atoms with Crippen LogP contribution < -0.4 is 0 Å². The molecule has 4 nitrogen and oxygen atoms in total. The van der Waals surface area contributed by atoms with E-state index in [9.17, 15) is 13.2 Å². The molecule has 0 aliphatic heterocycles. The van der Waals surface area contributed by atoms with E-state index in [4.69, 9.17) is 5.11 Å². The van der Waals surface area contributed by atoms with E-state index in [2.05, 4.69) is 0 Å². The lowest BCUT2D eigenvalue weighted by Crippen LogP contribution is -2.21. The molecule has 0 amide bonds. The van der Waals surface area contributed by atoms with Crippen LogP contribution in [0.1, 0.15) is 18.9 Å². The number of aliphatic carboxylic acids is 1. The van der Waals surface area contributed by atoms with Gasteiger partial charge in [-0.25, -0.2) is 8.42 Å². The highest BCUT2D eigenvalue weighted by molar-refractivity contribution is 7.91. The molecule has 1 aromatic carbocycles. The largest absolute Gasteiger partial charge is 0.481 e. The summed E-state index contributed by atoms with van der Waals surface area (Å²) >= 11 is 0. The van der Waals surface area contributed by atoms with Crippen LogP contribution in [0.3, 0.4) is 0 Å². The smallest absolute Gasteiger partial charge is 0.306 e. The predicted molar refractivity (Wildman–Crippen MR) is 70.2 cm³/mol. The maximum Gasteiger partial charge on any atom is 0.306 e. The summed E-state index contributed by atoms with van der Waals surface area (Å²) in [6.07, 6.45) is 0.538. The molecule has 1 aromatic rings. The molecule has 1 rings (SSSR count). The monoisotopic (exact) mass is 270 g/mol. The average molecular weight is 270 g/mol. The Labute approximate surface area is 108 Å². The van der Waals surface area contributed by atoms with Gasteiger partial charge < -0.3 is 5.11 Å². The van der Waals surface area contributed by atoms with Gasteiger partial charge in [0.25, 0.3) is 0 Å². The minimum Gasteiger partial charge on any atom is -0.481 e. The molecular weight excluding hydrogens is 252 g/mol. The van der Waals surface area contributed by atoms with Crippen molar-refractivity contribution >= 4 is 15.8 Å². The van der Waals surface area contributed by atoms with Gasteiger partial charge in [0.15, 0.2) is 0 Å². The molecule has 0 fully saturated rings. The summed E-state index contributed by atoms with van der Waals surface area (Å²) in [4.78, 5) is 11.1. The van der Waals surface area contributed by atoms with Crippen molar-refractivity contribution in [1.82, 2.24) is 0 Å². The lowest BCUT2D eigenvalue weighted by molar-refractivity contribution is -0.141. The standard InChI is InChI=1S/C13H18O4S/c1-2-18(16,17)9-8-12(13(14)15)10-11-6-4-3-5-7-11/h3-7,12H,2,8-10H2,1H3,(H,14,15). The second-order valence-electron chi connectivity index (χ2n) is 4.25. The fourth-order valence-corrected chi connectivity index (χ4v) is 2.61. The van der Waals surface area contributed by atoms with Gasteiger partial charge in [0.1, 0.15) is 9.84 Å². The van der Waals surface area contributed by atoms with Gasteiger partial charge in [-0.1, -0.05) is 37.3 Å². The molecule has 0 aliphatic rings. The highest BCUT2D eigenvalue weighted by Gasteiger charge is 2.20. The van der Waals surface area contributed by atoms with Crippen LogP contribution in [0.4, 0.5) is 0 Å². The van der Waals surface area contributed by atoms with E-state index in [1.807, 2.05) is 30.3 Å². The van der Waals surface area contributed by atoms with Crippen molar-refractivity contribution in [3.05, 3.63) is 35.9 Å². The molecule has 0 heterocycles. The maximum absolute atomic E-state index is 11.4. The molecule has 0 aliphatic carbocycles. The summed E-state index contributed by atoms with van der Waals surface area (Å²) < 4.78 is 22.8. The zero-order chi connectivity index (χ0) is 13.6. The summed E-state index contributed by atoms with van der Waals surface area (Å²) in [6.45, 7) is 1.57. The zero-order valence-electron chi connectivity index (χ0n) is 10.4. The molecular formula is C13H18O4S. The van der Waals surface area contributed by atoms with Crippen LogP contribution in [0, 0.1) is 5.92 Å². The number of carbonyl (C=O) groups is 1. The molecule has 0 saturated heterocycles. The highest BCUT2D eigenvalue weighted by Crippen LogP contribution is 2.14. The first-order valence-corrected chi connectivity index (χ1v) is 7.74. The minimum atomic E-state index is -3.10. The Hall–Kier alpha value is -1.36. The first-order valence-electron chi connectivity index (χ1n) is 5.91. The van der Waals surface area contributed by atoms with Gasteiger partial charge in [-0.2, -0.15) is 0 Å². The predicted octanol–water partition coefficient (Wildman–Crippen LogP) is 1.75. The fourth-order valence-electron chi connectivity index (χ4n) is 1.68. The first kappa shape index (κ1) is 14.7. The number of hydrogen-bond acceptors (Lipinski definition) is 3. The maximum atomic E-state index is 11.4. The van der Waals surface area contributed by atoms with E-state index in [1.165, 1.54) is 0 Å². The SMILES string of the molecule is CCS(=O)(=O)CCC(Cc1ccccc1)C(=O)O. The Balaban J connectivity index is 2.65. The molecule has 1 atom stereocenters. The minimum absolute atomic E-state index is 0.0602. The second kappa shape index (κ2) is 6.54. The lowest BCUT2D eigenvalue weighted by atomic mass is 9.97. The zero-order valence-corrected chi connectivity index (χ0v) is 11.2. The van der Waals surface area contributed by atoms with Crippen LogP contribution >= 0.6 is 0 Å². The molecule has 0 bridgehead atoms. The van der Waals surface area contributed by atoms with E-state index in [0.29, 0.717) is 6.42 Å². The summed E-state index contributed by atoms with van der Waals surface area (Å²) in [5, 5.41) is 9.11. The Morgan fingerprint density at radius 3 is 2.39 bits per heavy atom. The van der Waals surface area contributed by atoms with Crippen LogP contribution in [0.2, 0.25) is 0 Å². The van der Waals surface area contributed by atoms with Gasteiger partial charge in [-0.15, -0.1) is 0 Å². The third-order valence-corrected chi connectivity index (χ3v) is 4.63. The number of hydrogen-bond donors (Lipinski definition) is 1. The Kier molecular flexibility index (Phi) is 5.34. The normalized spacial score (nSPS) is 13.2. The van der Waals surface area contributed by atoms with E-state index in [-0.39, 0.29) is 17.9 Å². The van der Waals surface area contributed by atoms with Crippen LogP contribution in [-0.4, -0.2) is 31.0 Å². The van der Waals surface area contributed by atoms with Crippen LogP contribution in [0.5, 0.6) is 0 Å². The fraction of sp³-hybridized carbons (Fsp3) is 0.462. The van der Waals surface area contributed by atoms with E-state index < -0.39 is 21.7 Å². The molecule has 0 saturated carbocycles. The van der Waals surface area contributed by atoms with Crippen molar-refractivity contribution in [3.63, 3.8) is 0 Å². The second-order valence-corrected chi connectivity index (χ2v) is 6.72. The van der Waals surface area contributed by atoms with Crippen LogP contribution in [0.15, 0.2) is 30.3 Å². The summed E-state index contributed by atoms with van der Waals surface area (Å²) in [6, 6.07) is 9.25. The number of carboxylic acids is 1. The molecule has 18 heavy (non-hydrogen) atoms.